The standard InChI is InChI=1S/C15H25N3O3/c1-5-17(10-11(2)9-16)14(21)18-8-6-7-15(3,4)12(18)13(19)20/h11-12H,5-8,10H2,1-4H3,(H,19,20). The molecule has 0 spiro atoms. The third-order valence-corrected chi connectivity index (χ3v) is 4.12. The Morgan fingerprint density at radius 1 is 1.52 bits per heavy atom. The fraction of sp³-hybridized carbons (Fsp3) is 0.800. The van der Waals surface area contributed by atoms with Crippen LogP contribution in [0.3, 0.4) is 0 Å². The Balaban J connectivity index is 2.96. The van der Waals surface area contributed by atoms with Crippen molar-refractivity contribution in [3.05, 3.63) is 0 Å². The summed E-state index contributed by atoms with van der Waals surface area (Å²) in [5.41, 5.74) is -0.444. The fourth-order valence-corrected chi connectivity index (χ4v) is 2.96. The summed E-state index contributed by atoms with van der Waals surface area (Å²) in [6.45, 7) is 8.62. The molecule has 0 aromatic rings. The van der Waals surface area contributed by atoms with E-state index in [1.165, 1.54) is 4.90 Å². The molecule has 2 amide bonds. The minimum Gasteiger partial charge on any atom is -0.480 e. The van der Waals surface area contributed by atoms with Crippen LogP contribution in [-0.2, 0) is 4.79 Å². The molecule has 1 fully saturated rings. The smallest absolute Gasteiger partial charge is 0.327 e. The zero-order valence-corrected chi connectivity index (χ0v) is 13.3. The molecule has 1 heterocycles. The number of nitriles is 1. The summed E-state index contributed by atoms with van der Waals surface area (Å²) < 4.78 is 0. The maximum atomic E-state index is 12.7. The molecule has 0 aromatic carbocycles. The van der Waals surface area contributed by atoms with Crippen LogP contribution >= 0.6 is 0 Å². The first-order valence-corrected chi connectivity index (χ1v) is 7.42. The van der Waals surface area contributed by atoms with Crippen LogP contribution in [0.15, 0.2) is 0 Å². The molecule has 0 saturated carbocycles. The molecule has 1 saturated heterocycles. The summed E-state index contributed by atoms with van der Waals surface area (Å²) in [5, 5.41) is 18.4. The number of hydrogen-bond donors (Lipinski definition) is 1. The Hall–Kier alpha value is -1.77. The minimum absolute atomic E-state index is 0.269. The summed E-state index contributed by atoms with van der Waals surface area (Å²) in [6, 6.07) is 1.02. The van der Waals surface area contributed by atoms with Crippen molar-refractivity contribution in [2.75, 3.05) is 19.6 Å². The second-order valence-corrected chi connectivity index (χ2v) is 6.38. The number of aliphatic carboxylic acids is 1. The van der Waals surface area contributed by atoms with Crippen LogP contribution in [0, 0.1) is 22.7 Å². The number of rotatable bonds is 4. The van der Waals surface area contributed by atoms with Crippen LogP contribution in [-0.4, -0.2) is 52.6 Å². The molecule has 1 rings (SSSR count). The third-order valence-electron chi connectivity index (χ3n) is 4.12. The highest BCUT2D eigenvalue weighted by Crippen LogP contribution is 2.35. The van der Waals surface area contributed by atoms with Gasteiger partial charge in [-0.1, -0.05) is 13.8 Å². The number of nitrogens with zero attached hydrogens (tertiary/aromatic N) is 3. The van der Waals surface area contributed by atoms with E-state index in [1.54, 1.807) is 11.8 Å². The lowest BCUT2D eigenvalue weighted by Gasteiger charge is -2.45. The van der Waals surface area contributed by atoms with Gasteiger partial charge in [-0.05, 0) is 32.1 Å². The van der Waals surface area contributed by atoms with Gasteiger partial charge in [-0.15, -0.1) is 0 Å². The van der Waals surface area contributed by atoms with Gasteiger partial charge in [0, 0.05) is 19.6 Å². The SMILES string of the molecule is CCN(CC(C)C#N)C(=O)N1CCCC(C)(C)C1C(=O)O. The molecule has 1 N–H and O–H groups in total. The van der Waals surface area contributed by atoms with Gasteiger partial charge in [-0.2, -0.15) is 5.26 Å². The van der Waals surface area contributed by atoms with E-state index in [2.05, 4.69) is 6.07 Å². The molecule has 2 atom stereocenters. The van der Waals surface area contributed by atoms with Crippen molar-refractivity contribution in [3.8, 4) is 6.07 Å². The predicted octanol–water partition coefficient (Wildman–Crippen LogP) is 2.16. The molecule has 6 heteroatoms. The predicted molar refractivity (Wildman–Crippen MR) is 78.6 cm³/mol. The van der Waals surface area contributed by atoms with E-state index in [9.17, 15) is 14.7 Å². The van der Waals surface area contributed by atoms with Gasteiger partial charge in [-0.25, -0.2) is 9.59 Å². The molecular formula is C15H25N3O3. The highest BCUT2D eigenvalue weighted by atomic mass is 16.4. The summed E-state index contributed by atoms with van der Waals surface area (Å²) in [4.78, 5) is 27.3. The van der Waals surface area contributed by atoms with E-state index >= 15 is 0 Å². The molecule has 2 unspecified atom stereocenters. The normalized spacial score (nSPS) is 22.2. The first-order chi connectivity index (χ1) is 9.74. The molecule has 118 valence electrons. The van der Waals surface area contributed by atoms with Crippen LogP contribution in [0.4, 0.5) is 4.79 Å². The highest BCUT2D eigenvalue weighted by Gasteiger charge is 2.45. The minimum atomic E-state index is -0.961. The van der Waals surface area contributed by atoms with Crippen molar-refractivity contribution in [2.45, 2.75) is 46.6 Å². The molecule has 1 aliphatic heterocycles. The van der Waals surface area contributed by atoms with Crippen LogP contribution in [0.1, 0.15) is 40.5 Å². The molecule has 0 radical (unpaired) electrons. The Morgan fingerprint density at radius 3 is 2.62 bits per heavy atom. The average molecular weight is 295 g/mol. The van der Waals surface area contributed by atoms with E-state index in [1.807, 2.05) is 20.8 Å². The summed E-state index contributed by atoms with van der Waals surface area (Å²) in [6.07, 6.45) is 1.59. The lowest BCUT2D eigenvalue weighted by molar-refractivity contribution is -0.148. The fourth-order valence-electron chi connectivity index (χ4n) is 2.96. The molecular weight excluding hydrogens is 270 g/mol. The molecule has 21 heavy (non-hydrogen) atoms. The largest absolute Gasteiger partial charge is 0.480 e. The number of carbonyl (C=O) groups excluding carboxylic acids is 1. The molecule has 0 aliphatic carbocycles. The van der Waals surface area contributed by atoms with Gasteiger partial charge in [0.25, 0.3) is 0 Å². The molecule has 1 aliphatic rings. The quantitative estimate of drug-likeness (QED) is 0.861. The van der Waals surface area contributed by atoms with Gasteiger partial charge in [-0.3, -0.25) is 0 Å². The van der Waals surface area contributed by atoms with Crippen molar-refractivity contribution in [1.29, 1.82) is 5.26 Å². The summed E-state index contributed by atoms with van der Waals surface area (Å²) in [5.74, 6) is -1.23. The number of urea groups is 1. The Morgan fingerprint density at radius 2 is 2.14 bits per heavy atom. The lowest BCUT2D eigenvalue weighted by Crippen LogP contribution is -2.59. The van der Waals surface area contributed by atoms with Gasteiger partial charge in [0.1, 0.15) is 6.04 Å². The number of carboxylic acids is 1. The maximum Gasteiger partial charge on any atom is 0.327 e. The van der Waals surface area contributed by atoms with Gasteiger partial charge in [0.2, 0.25) is 0 Å². The van der Waals surface area contributed by atoms with E-state index in [0.29, 0.717) is 19.6 Å². The number of amides is 2. The van der Waals surface area contributed by atoms with Crippen LogP contribution in [0.2, 0.25) is 0 Å². The number of likely N-dealkylation sites (tertiary alicyclic amines) is 1. The van der Waals surface area contributed by atoms with Crippen molar-refractivity contribution >= 4 is 12.0 Å². The zero-order chi connectivity index (χ0) is 16.2. The first-order valence-electron chi connectivity index (χ1n) is 7.42. The Bertz CT molecular complexity index is 442. The van der Waals surface area contributed by atoms with Crippen LogP contribution in [0.25, 0.3) is 0 Å². The Labute approximate surface area is 126 Å². The average Bonchev–Trinajstić information content (AvgIpc) is 2.41. The zero-order valence-electron chi connectivity index (χ0n) is 13.3. The lowest BCUT2D eigenvalue weighted by atomic mass is 9.76. The number of hydrogen-bond acceptors (Lipinski definition) is 3. The summed E-state index contributed by atoms with van der Waals surface area (Å²) >= 11 is 0. The van der Waals surface area contributed by atoms with Gasteiger partial charge in [0.05, 0.1) is 12.0 Å². The van der Waals surface area contributed by atoms with E-state index < -0.39 is 17.4 Å². The Kier molecular flexibility index (Phi) is 5.59. The van der Waals surface area contributed by atoms with Gasteiger partial charge >= 0.3 is 12.0 Å². The number of carbonyl (C=O) groups is 2. The van der Waals surface area contributed by atoms with Crippen LogP contribution in [0.5, 0.6) is 0 Å². The van der Waals surface area contributed by atoms with Gasteiger partial charge < -0.3 is 14.9 Å². The van der Waals surface area contributed by atoms with E-state index in [0.717, 1.165) is 12.8 Å². The highest BCUT2D eigenvalue weighted by molar-refractivity contribution is 5.83. The van der Waals surface area contributed by atoms with E-state index in [4.69, 9.17) is 5.26 Å². The molecule has 6 nitrogen and oxygen atoms in total. The topological polar surface area (TPSA) is 84.6 Å². The number of piperidine rings is 1. The molecule has 0 bridgehead atoms. The third kappa shape index (κ3) is 3.87. The molecule has 0 aromatic heterocycles. The first kappa shape index (κ1) is 17.3. The maximum absolute atomic E-state index is 12.7. The van der Waals surface area contributed by atoms with Gasteiger partial charge in [0.15, 0.2) is 0 Å². The second kappa shape index (κ2) is 6.79. The summed E-state index contributed by atoms with van der Waals surface area (Å²) in [7, 11) is 0. The number of carboxylic acid groups (broad SMARTS) is 1. The van der Waals surface area contributed by atoms with Crippen LogP contribution < -0.4 is 0 Å². The van der Waals surface area contributed by atoms with Crippen molar-refractivity contribution < 1.29 is 14.7 Å². The monoisotopic (exact) mass is 295 g/mol. The van der Waals surface area contributed by atoms with Crippen molar-refractivity contribution in [2.24, 2.45) is 11.3 Å². The van der Waals surface area contributed by atoms with Crippen molar-refractivity contribution in [1.82, 2.24) is 9.80 Å². The second-order valence-electron chi connectivity index (χ2n) is 6.38. The van der Waals surface area contributed by atoms with Crippen molar-refractivity contribution in [3.63, 3.8) is 0 Å². The van der Waals surface area contributed by atoms with E-state index in [-0.39, 0.29) is 11.9 Å².